The lowest BCUT2D eigenvalue weighted by molar-refractivity contribution is -0.115. The molecule has 134 valence electrons. The molecule has 0 aromatic heterocycles. The highest BCUT2D eigenvalue weighted by Crippen LogP contribution is 2.22. The fraction of sp³-hybridized carbons (Fsp3) is 0.235. The van der Waals surface area contributed by atoms with E-state index in [1.165, 1.54) is 12.1 Å². The number of nitrogens with one attached hydrogen (secondary N) is 2. The lowest BCUT2D eigenvalue weighted by atomic mass is 10.1. The average Bonchev–Trinajstić information content (AvgIpc) is 2.47. The van der Waals surface area contributed by atoms with E-state index in [1.807, 2.05) is 6.92 Å². The van der Waals surface area contributed by atoms with Crippen LogP contribution in [0, 0.1) is 26.6 Å². The Morgan fingerprint density at radius 3 is 2.28 bits per heavy atom. The Bertz CT molecular complexity index is 906. The summed E-state index contributed by atoms with van der Waals surface area (Å²) < 4.78 is 41.5. The number of hydrogen-bond acceptors (Lipinski definition) is 3. The molecule has 0 radical (unpaired) electrons. The van der Waals surface area contributed by atoms with Crippen LogP contribution >= 0.6 is 15.9 Å². The molecule has 1 amide bonds. The van der Waals surface area contributed by atoms with Crippen LogP contribution in [-0.2, 0) is 14.8 Å². The zero-order chi connectivity index (χ0) is 18.8. The molecule has 0 unspecified atom stereocenters. The molecule has 2 rings (SSSR count). The number of hydrogen-bond donors (Lipinski definition) is 2. The molecule has 5 nitrogen and oxygen atoms in total. The average molecular weight is 429 g/mol. The molecule has 0 heterocycles. The third kappa shape index (κ3) is 4.87. The summed E-state index contributed by atoms with van der Waals surface area (Å²) in [5, 5.41) is 2.34. The van der Waals surface area contributed by atoms with Crippen LogP contribution in [0.3, 0.4) is 0 Å². The van der Waals surface area contributed by atoms with E-state index in [2.05, 4.69) is 26.0 Å². The van der Waals surface area contributed by atoms with Gasteiger partial charge in [-0.15, -0.1) is 0 Å². The van der Waals surface area contributed by atoms with Gasteiger partial charge in [-0.2, -0.15) is 0 Å². The summed E-state index contributed by atoms with van der Waals surface area (Å²) in [5.41, 5.74) is 2.14. The maximum atomic E-state index is 13.7. The molecule has 0 atom stereocenters. The van der Waals surface area contributed by atoms with Crippen LogP contribution in [0.4, 0.5) is 10.1 Å². The van der Waals surface area contributed by atoms with Crippen molar-refractivity contribution < 1.29 is 17.6 Å². The molecule has 0 aliphatic rings. The van der Waals surface area contributed by atoms with Crippen LogP contribution in [0.2, 0.25) is 0 Å². The monoisotopic (exact) mass is 428 g/mol. The Morgan fingerprint density at radius 1 is 1.12 bits per heavy atom. The first kappa shape index (κ1) is 19.6. The van der Waals surface area contributed by atoms with Crippen molar-refractivity contribution in [3.8, 4) is 0 Å². The second-order valence-electron chi connectivity index (χ2n) is 5.72. The normalized spacial score (nSPS) is 11.4. The molecule has 0 fully saturated rings. The van der Waals surface area contributed by atoms with Gasteiger partial charge < -0.3 is 5.32 Å². The van der Waals surface area contributed by atoms with Crippen molar-refractivity contribution in [3.63, 3.8) is 0 Å². The molecule has 2 aromatic carbocycles. The number of amides is 1. The first-order valence-electron chi connectivity index (χ1n) is 7.42. The van der Waals surface area contributed by atoms with Crippen LogP contribution in [0.25, 0.3) is 0 Å². The van der Waals surface area contributed by atoms with Gasteiger partial charge in [-0.25, -0.2) is 17.5 Å². The van der Waals surface area contributed by atoms with Gasteiger partial charge in [-0.1, -0.05) is 33.6 Å². The fourth-order valence-electron chi connectivity index (χ4n) is 2.61. The van der Waals surface area contributed by atoms with Crippen molar-refractivity contribution in [2.75, 3.05) is 11.9 Å². The molecule has 0 aliphatic heterocycles. The van der Waals surface area contributed by atoms with Gasteiger partial charge in [0, 0.05) is 4.47 Å². The molecule has 8 heteroatoms. The van der Waals surface area contributed by atoms with Gasteiger partial charge in [0.1, 0.15) is 5.82 Å². The van der Waals surface area contributed by atoms with E-state index in [-0.39, 0.29) is 10.6 Å². The first-order valence-corrected chi connectivity index (χ1v) is 9.70. The fourth-order valence-corrected chi connectivity index (χ4v) is 4.37. The Morgan fingerprint density at radius 2 is 1.72 bits per heavy atom. The van der Waals surface area contributed by atoms with Gasteiger partial charge in [0.15, 0.2) is 0 Å². The predicted molar refractivity (Wildman–Crippen MR) is 98.6 cm³/mol. The van der Waals surface area contributed by atoms with Gasteiger partial charge in [0.25, 0.3) is 0 Å². The van der Waals surface area contributed by atoms with Gasteiger partial charge in [-0.05, 0) is 50.1 Å². The highest BCUT2D eigenvalue weighted by Gasteiger charge is 2.21. The van der Waals surface area contributed by atoms with Crippen LogP contribution in [0.5, 0.6) is 0 Å². The zero-order valence-corrected chi connectivity index (χ0v) is 16.4. The number of carbonyl (C=O) groups excluding carboxylic acids is 1. The maximum Gasteiger partial charge on any atom is 0.241 e. The lowest BCUT2D eigenvalue weighted by Gasteiger charge is -2.13. The molecule has 0 saturated carbocycles. The van der Waals surface area contributed by atoms with E-state index in [9.17, 15) is 17.6 Å². The SMILES string of the molecule is Cc1cc(C)c(S(=O)(=O)NCC(=O)Nc2ccc(Br)cc2F)c(C)c1. The number of carbonyl (C=O) groups is 1. The maximum absolute atomic E-state index is 13.7. The summed E-state index contributed by atoms with van der Waals surface area (Å²) in [6.07, 6.45) is 0. The molecule has 2 aromatic rings. The summed E-state index contributed by atoms with van der Waals surface area (Å²) in [6.45, 7) is 4.78. The number of sulfonamides is 1. The number of anilines is 1. The predicted octanol–water partition coefficient (Wildman–Crippen LogP) is 3.43. The van der Waals surface area contributed by atoms with Gasteiger partial charge in [0.2, 0.25) is 15.9 Å². The Labute approximate surface area is 154 Å². The molecule has 2 N–H and O–H groups in total. The quantitative estimate of drug-likeness (QED) is 0.765. The molecule has 0 aliphatic carbocycles. The van der Waals surface area contributed by atoms with Gasteiger partial charge in [-0.3, -0.25) is 4.79 Å². The number of halogens is 2. The summed E-state index contributed by atoms with van der Waals surface area (Å²) >= 11 is 3.12. The molecular formula is C17H18BrFN2O3S. The highest BCUT2D eigenvalue weighted by atomic mass is 79.9. The van der Waals surface area contributed by atoms with Crippen molar-refractivity contribution in [1.29, 1.82) is 0 Å². The van der Waals surface area contributed by atoms with E-state index in [0.29, 0.717) is 15.6 Å². The van der Waals surface area contributed by atoms with E-state index < -0.39 is 28.3 Å². The Hall–Kier alpha value is -1.77. The topological polar surface area (TPSA) is 75.3 Å². The van der Waals surface area contributed by atoms with Gasteiger partial charge in [0.05, 0.1) is 17.1 Å². The van der Waals surface area contributed by atoms with Crippen LogP contribution in [0.15, 0.2) is 39.7 Å². The van der Waals surface area contributed by atoms with E-state index >= 15 is 0 Å². The van der Waals surface area contributed by atoms with Crippen molar-refractivity contribution in [1.82, 2.24) is 4.72 Å². The third-order valence-electron chi connectivity index (χ3n) is 3.50. The Kier molecular flexibility index (Phi) is 5.97. The molecular weight excluding hydrogens is 411 g/mol. The minimum atomic E-state index is -3.85. The Balaban J connectivity index is 2.11. The van der Waals surface area contributed by atoms with Gasteiger partial charge >= 0.3 is 0 Å². The lowest BCUT2D eigenvalue weighted by Crippen LogP contribution is -2.33. The third-order valence-corrected chi connectivity index (χ3v) is 5.70. The summed E-state index contributed by atoms with van der Waals surface area (Å²) in [5.74, 6) is -1.27. The molecule has 0 bridgehead atoms. The number of aryl methyl sites for hydroxylation is 3. The molecule has 0 saturated heterocycles. The van der Waals surface area contributed by atoms with Crippen molar-refractivity contribution in [2.24, 2.45) is 0 Å². The van der Waals surface area contributed by atoms with Crippen molar-refractivity contribution >= 4 is 37.5 Å². The molecule has 25 heavy (non-hydrogen) atoms. The van der Waals surface area contributed by atoms with Crippen LogP contribution in [0.1, 0.15) is 16.7 Å². The van der Waals surface area contributed by atoms with Crippen molar-refractivity contribution in [3.05, 3.63) is 57.3 Å². The zero-order valence-electron chi connectivity index (χ0n) is 14.0. The van der Waals surface area contributed by atoms with Crippen LogP contribution < -0.4 is 10.0 Å². The number of benzene rings is 2. The van der Waals surface area contributed by atoms with E-state index in [4.69, 9.17) is 0 Å². The first-order chi connectivity index (χ1) is 11.6. The molecule has 0 spiro atoms. The minimum Gasteiger partial charge on any atom is -0.322 e. The summed E-state index contributed by atoms with van der Waals surface area (Å²) in [4.78, 5) is 12.1. The largest absolute Gasteiger partial charge is 0.322 e. The standard InChI is InChI=1S/C17H18BrFN2O3S/c1-10-6-11(2)17(12(3)7-10)25(23,24)20-9-16(22)21-15-5-4-13(18)8-14(15)19/h4-8,20H,9H2,1-3H3,(H,21,22). The summed E-state index contributed by atoms with van der Waals surface area (Å²) in [6, 6.07) is 7.69. The van der Waals surface area contributed by atoms with E-state index in [0.717, 1.165) is 5.56 Å². The number of rotatable bonds is 5. The minimum absolute atomic E-state index is 0.0184. The summed E-state index contributed by atoms with van der Waals surface area (Å²) in [7, 11) is -3.85. The second kappa shape index (κ2) is 7.63. The van der Waals surface area contributed by atoms with Crippen molar-refractivity contribution in [2.45, 2.75) is 25.7 Å². The van der Waals surface area contributed by atoms with Crippen LogP contribution in [-0.4, -0.2) is 20.9 Å². The van der Waals surface area contributed by atoms with E-state index in [1.54, 1.807) is 32.0 Å². The smallest absolute Gasteiger partial charge is 0.241 e. The second-order valence-corrected chi connectivity index (χ2v) is 8.34. The highest BCUT2D eigenvalue weighted by molar-refractivity contribution is 9.10.